The third-order valence-corrected chi connectivity index (χ3v) is 2.25. The second-order valence-corrected chi connectivity index (χ2v) is 3.50. The van der Waals surface area contributed by atoms with Crippen LogP contribution in [0.15, 0.2) is 18.2 Å². The van der Waals surface area contributed by atoms with Crippen molar-refractivity contribution in [3.05, 3.63) is 33.9 Å². The normalized spacial score (nSPS) is 12.1. The summed E-state index contributed by atoms with van der Waals surface area (Å²) >= 11 is 0. The maximum absolute atomic E-state index is 10.5. The lowest BCUT2D eigenvalue weighted by molar-refractivity contribution is -0.385. The van der Waals surface area contributed by atoms with Crippen molar-refractivity contribution in [1.29, 1.82) is 0 Å². The van der Waals surface area contributed by atoms with Gasteiger partial charge in [-0.2, -0.15) is 0 Å². The quantitative estimate of drug-likeness (QED) is 0.601. The van der Waals surface area contributed by atoms with Crippen molar-refractivity contribution in [2.24, 2.45) is 0 Å². The van der Waals surface area contributed by atoms with Crippen LogP contribution in [0.3, 0.4) is 0 Å². The minimum atomic E-state index is -0.953. The number of phenols is 1. The highest BCUT2D eigenvalue weighted by molar-refractivity contribution is 5.68. The Hall–Kier alpha value is -2.11. The van der Waals surface area contributed by atoms with Gasteiger partial charge in [0.1, 0.15) is 0 Å². The highest BCUT2D eigenvalue weighted by Gasteiger charge is 2.16. The summed E-state index contributed by atoms with van der Waals surface area (Å²) in [5.41, 5.74) is 0.178. The molecule has 6 nitrogen and oxygen atoms in total. The van der Waals surface area contributed by atoms with Gasteiger partial charge < -0.3 is 10.2 Å². The van der Waals surface area contributed by atoms with Crippen molar-refractivity contribution in [1.82, 2.24) is 0 Å². The number of aromatic hydroxyl groups is 1. The van der Waals surface area contributed by atoms with Crippen LogP contribution >= 0.6 is 0 Å². The fourth-order valence-corrected chi connectivity index (χ4v) is 1.38. The molecule has 0 amide bonds. The summed E-state index contributed by atoms with van der Waals surface area (Å²) in [6.45, 7) is 1.68. The van der Waals surface area contributed by atoms with E-state index in [-0.39, 0.29) is 18.0 Å². The van der Waals surface area contributed by atoms with Crippen molar-refractivity contribution in [3.8, 4) is 5.75 Å². The Balaban J connectivity index is 2.96. The predicted molar refractivity (Wildman–Crippen MR) is 55.4 cm³/mol. The van der Waals surface area contributed by atoms with Gasteiger partial charge in [0, 0.05) is 6.07 Å². The summed E-state index contributed by atoms with van der Waals surface area (Å²) < 4.78 is 0. The van der Waals surface area contributed by atoms with Crippen LogP contribution in [0.1, 0.15) is 24.8 Å². The first-order valence-electron chi connectivity index (χ1n) is 4.61. The topological polar surface area (TPSA) is 101 Å². The zero-order chi connectivity index (χ0) is 12.3. The number of carbonyl (C=O) groups is 1. The number of nitro groups is 1. The van der Waals surface area contributed by atoms with Gasteiger partial charge in [0.25, 0.3) is 0 Å². The molecule has 0 radical (unpaired) electrons. The van der Waals surface area contributed by atoms with E-state index in [1.54, 1.807) is 6.92 Å². The molecule has 86 valence electrons. The Bertz CT molecular complexity index is 429. The third-order valence-electron chi connectivity index (χ3n) is 2.25. The van der Waals surface area contributed by atoms with E-state index in [9.17, 15) is 20.0 Å². The maximum Gasteiger partial charge on any atom is 0.310 e. The van der Waals surface area contributed by atoms with Crippen molar-refractivity contribution in [3.63, 3.8) is 0 Å². The minimum absolute atomic E-state index is 0.0861. The fraction of sp³-hybridized carbons (Fsp3) is 0.300. The first-order valence-corrected chi connectivity index (χ1v) is 4.61. The lowest BCUT2D eigenvalue weighted by Crippen LogP contribution is -2.03. The van der Waals surface area contributed by atoms with E-state index in [0.717, 1.165) is 0 Å². The summed E-state index contributed by atoms with van der Waals surface area (Å²) in [5, 5.41) is 28.4. The largest absolute Gasteiger partial charge is 0.502 e. The van der Waals surface area contributed by atoms with Gasteiger partial charge in [0.2, 0.25) is 0 Å². The lowest BCUT2D eigenvalue weighted by atomic mass is 9.97. The third kappa shape index (κ3) is 2.69. The molecule has 0 spiro atoms. The zero-order valence-electron chi connectivity index (χ0n) is 8.58. The van der Waals surface area contributed by atoms with Gasteiger partial charge in [0.15, 0.2) is 5.75 Å². The van der Waals surface area contributed by atoms with Gasteiger partial charge in [-0.25, -0.2) is 0 Å². The second kappa shape index (κ2) is 4.61. The van der Waals surface area contributed by atoms with Crippen LogP contribution in [0, 0.1) is 10.1 Å². The number of aliphatic carboxylic acids is 1. The van der Waals surface area contributed by atoms with E-state index < -0.39 is 16.6 Å². The average molecular weight is 225 g/mol. The molecular weight excluding hydrogens is 214 g/mol. The summed E-state index contributed by atoms with van der Waals surface area (Å²) in [7, 11) is 0. The molecule has 6 heteroatoms. The SMILES string of the molecule is CC(CC(=O)O)c1ccc([N+](=O)[O-])c(O)c1. The average Bonchev–Trinajstić information content (AvgIpc) is 2.15. The Morgan fingerprint density at radius 2 is 2.19 bits per heavy atom. The molecule has 1 atom stereocenters. The lowest BCUT2D eigenvalue weighted by Gasteiger charge is -2.09. The molecule has 1 rings (SSSR count). The maximum atomic E-state index is 10.5. The van der Waals surface area contributed by atoms with Gasteiger partial charge in [0.05, 0.1) is 11.3 Å². The first-order chi connectivity index (χ1) is 7.41. The van der Waals surface area contributed by atoms with Crippen molar-refractivity contribution in [2.45, 2.75) is 19.3 Å². The molecule has 0 aliphatic heterocycles. The number of nitrogens with zero attached hydrogens (tertiary/aromatic N) is 1. The molecule has 1 aromatic carbocycles. The van der Waals surface area contributed by atoms with E-state index in [1.165, 1.54) is 18.2 Å². The van der Waals surface area contributed by atoms with E-state index in [1.807, 2.05) is 0 Å². The number of carboxylic acids is 1. The molecule has 0 saturated carbocycles. The molecule has 16 heavy (non-hydrogen) atoms. The molecule has 0 aromatic heterocycles. The smallest absolute Gasteiger partial charge is 0.310 e. The van der Waals surface area contributed by atoms with E-state index in [4.69, 9.17) is 5.11 Å². The van der Waals surface area contributed by atoms with Gasteiger partial charge in [-0.1, -0.05) is 13.0 Å². The molecular formula is C10H11NO5. The van der Waals surface area contributed by atoms with Crippen LogP contribution in [-0.2, 0) is 4.79 Å². The second-order valence-electron chi connectivity index (χ2n) is 3.50. The van der Waals surface area contributed by atoms with E-state index in [0.29, 0.717) is 5.56 Å². The molecule has 0 fully saturated rings. The number of benzene rings is 1. The summed E-state index contributed by atoms with van der Waals surface area (Å²) in [4.78, 5) is 20.2. The number of hydrogen-bond acceptors (Lipinski definition) is 4. The number of rotatable bonds is 4. The van der Waals surface area contributed by atoms with Crippen molar-refractivity contribution >= 4 is 11.7 Å². The summed E-state index contributed by atoms with van der Waals surface area (Å²) in [5.74, 6) is -1.70. The first kappa shape index (κ1) is 12.0. The van der Waals surface area contributed by atoms with Crippen LogP contribution in [-0.4, -0.2) is 21.1 Å². The fourth-order valence-electron chi connectivity index (χ4n) is 1.38. The Labute approximate surface area is 91.3 Å². The molecule has 1 unspecified atom stereocenters. The van der Waals surface area contributed by atoms with Crippen LogP contribution < -0.4 is 0 Å². The summed E-state index contributed by atoms with van der Waals surface area (Å²) in [6, 6.07) is 3.85. The van der Waals surface area contributed by atoms with Gasteiger partial charge in [-0.15, -0.1) is 0 Å². The highest BCUT2D eigenvalue weighted by Crippen LogP contribution is 2.30. The molecule has 0 aliphatic carbocycles. The van der Waals surface area contributed by atoms with Gasteiger partial charge in [-0.3, -0.25) is 14.9 Å². The number of hydrogen-bond donors (Lipinski definition) is 2. The number of carboxylic acid groups (broad SMARTS) is 1. The van der Waals surface area contributed by atoms with Gasteiger partial charge >= 0.3 is 11.7 Å². The molecule has 0 heterocycles. The Morgan fingerprint density at radius 3 is 2.62 bits per heavy atom. The standard InChI is InChI=1S/C10H11NO5/c1-6(4-10(13)14)7-2-3-8(11(15)16)9(12)5-7/h2-3,5-6,12H,4H2,1H3,(H,13,14). The zero-order valence-corrected chi connectivity index (χ0v) is 8.58. The minimum Gasteiger partial charge on any atom is -0.502 e. The molecule has 0 bridgehead atoms. The molecule has 2 N–H and O–H groups in total. The summed E-state index contributed by atoms with van der Waals surface area (Å²) in [6.07, 6.45) is -0.0861. The Morgan fingerprint density at radius 1 is 1.56 bits per heavy atom. The molecule has 1 aromatic rings. The van der Waals surface area contributed by atoms with Crippen molar-refractivity contribution < 1.29 is 19.9 Å². The van der Waals surface area contributed by atoms with Crippen LogP contribution in [0.5, 0.6) is 5.75 Å². The highest BCUT2D eigenvalue weighted by atomic mass is 16.6. The van der Waals surface area contributed by atoms with Crippen LogP contribution in [0.2, 0.25) is 0 Å². The monoisotopic (exact) mass is 225 g/mol. The molecule has 0 aliphatic rings. The van der Waals surface area contributed by atoms with Gasteiger partial charge in [-0.05, 0) is 17.5 Å². The van der Waals surface area contributed by atoms with Crippen molar-refractivity contribution in [2.75, 3.05) is 0 Å². The number of nitro benzene ring substituents is 1. The van der Waals surface area contributed by atoms with E-state index >= 15 is 0 Å². The van der Waals surface area contributed by atoms with Crippen LogP contribution in [0.25, 0.3) is 0 Å². The van der Waals surface area contributed by atoms with E-state index in [2.05, 4.69) is 0 Å². The Kier molecular flexibility index (Phi) is 3.44. The van der Waals surface area contributed by atoms with Crippen LogP contribution in [0.4, 0.5) is 5.69 Å². The molecule has 0 saturated heterocycles. The predicted octanol–water partition coefficient (Wildman–Crippen LogP) is 1.88. The number of phenolic OH excluding ortho intramolecular Hbond substituents is 1.